The lowest BCUT2D eigenvalue weighted by atomic mass is 9.95. The first-order chi connectivity index (χ1) is 10.8. The van der Waals surface area contributed by atoms with E-state index in [-0.39, 0.29) is 0 Å². The van der Waals surface area contributed by atoms with Crippen LogP contribution in [-0.2, 0) is 6.42 Å². The van der Waals surface area contributed by atoms with Crippen molar-refractivity contribution < 1.29 is 0 Å². The Kier molecular flexibility index (Phi) is 4.77. The van der Waals surface area contributed by atoms with Gasteiger partial charge in [-0.3, -0.25) is 0 Å². The molecule has 0 unspecified atom stereocenters. The van der Waals surface area contributed by atoms with Crippen LogP contribution < -0.4 is 0 Å². The van der Waals surface area contributed by atoms with Gasteiger partial charge in [0, 0.05) is 6.42 Å². The molecular formula is C21H18S. The SMILES string of the molecule is SC(Cc1ccccc1)=C(c1ccccc1)c1ccccc1. The van der Waals surface area contributed by atoms with Crippen molar-refractivity contribution >= 4 is 18.2 Å². The van der Waals surface area contributed by atoms with Crippen LogP contribution in [-0.4, -0.2) is 0 Å². The molecule has 0 aliphatic rings. The van der Waals surface area contributed by atoms with E-state index in [2.05, 4.69) is 72.8 Å². The van der Waals surface area contributed by atoms with Crippen molar-refractivity contribution in [2.24, 2.45) is 0 Å². The van der Waals surface area contributed by atoms with Gasteiger partial charge in [-0.15, -0.1) is 12.6 Å². The predicted molar refractivity (Wildman–Crippen MR) is 98.0 cm³/mol. The number of hydrogen-bond acceptors (Lipinski definition) is 1. The molecule has 0 aromatic heterocycles. The molecule has 0 N–H and O–H groups in total. The Morgan fingerprint density at radius 2 is 1.00 bits per heavy atom. The molecule has 0 bridgehead atoms. The van der Waals surface area contributed by atoms with Gasteiger partial charge >= 0.3 is 0 Å². The van der Waals surface area contributed by atoms with E-state index < -0.39 is 0 Å². The third kappa shape index (κ3) is 3.49. The quantitative estimate of drug-likeness (QED) is 0.594. The van der Waals surface area contributed by atoms with Crippen molar-refractivity contribution in [2.75, 3.05) is 0 Å². The average molecular weight is 302 g/mol. The van der Waals surface area contributed by atoms with Gasteiger partial charge in [-0.2, -0.15) is 0 Å². The summed E-state index contributed by atoms with van der Waals surface area (Å²) in [7, 11) is 0. The minimum atomic E-state index is 0.836. The maximum atomic E-state index is 4.84. The summed E-state index contributed by atoms with van der Waals surface area (Å²) in [5.41, 5.74) is 4.88. The van der Waals surface area contributed by atoms with Crippen LogP contribution in [0, 0.1) is 0 Å². The van der Waals surface area contributed by atoms with E-state index in [1.54, 1.807) is 0 Å². The predicted octanol–water partition coefficient (Wildman–Crippen LogP) is 5.62. The normalized spacial score (nSPS) is 10.2. The first-order valence-electron chi connectivity index (χ1n) is 7.41. The van der Waals surface area contributed by atoms with Gasteiger partial charge in [0.2, 0.25) is 0 Å². The Balaban J connectivity index is 2.07. The van der Waals surface area contributed by atoms with Crippen molar-refractivity contribution in [1.29, 1.82) is 0 Å². The van der Waals surface area contributed by atoms with Crippen LogP contribution in [0.5, 0.6) is 0 Å². The summed E-state index contributed by atoms with van der Waals surface area (Å²) in [4.78, 5) is 1.09. The summed E-state index contributed by atoms with van der Waals surface area (Å²) in [6.07, 6.45) is 0.836. The number of benzene rings is 3. The highest BCUT2D eigenvalue weighted by Crippen LogP contribution is 2.30. The molecule has 1 heteroatoms. The molecule has 0 amide bonds. The lowest BCUT2D eigenvalue weighted by Gasteiger charge is -2.13. The lowest BCUT2D eigenvalue weighted by Crippen LogP contribution is -1.94. The fourth-order valence-electron chi connectivity index (χ4n) is 2.59. The van der Waals surface area contributed by atoms with E-state index in [9.17, 15) is 0 Å². The van der Waals surface area contributed by atoms with E-state index in [0.29, 0.717) is 0 Å². The van der Waals surface area contributed by atoms with E-state index in [0.717, 1.165) is 11.3 Å². The summed E-state index contributed by atoms with van der Waals surface area (Å²) in [5.74, 6) is 0. The topological polar surface area (TPSA) is 0 Å². The fraction of sp³-hybridized carbons (Fsp3) is 0.0476. The van der Waals surface area contributed by atoms with Gasteiger partial charge in [0.25, 0.3) is 0 Å². The second-order valence-electron chi connectivity index (χ2n) is 5.22. The van der Waals surface area contributed by atoms with Gasteiger partial charge in [0.15, 0.2) is 0 Å². The van der Waals surface area contributed by atoms with E-state index in [4.69, 9.17) is 12.6 Å². The third-order valence-corrected chi connectivity index (χ3v) is 4.01. The van der Waals surface area contributed by atoms with Crippen molar-refractivity contribution in [3.8, 4) is 0 Å². The first kappa shape index (κ1) is 14.7. The molecular weight excluding hydrogens is 284 g/mol. The molecule has 0 heterocycles. The Labute approximate surface area is 137 Å². The minimum Gasteiger partial charge on any atom is -0.147 e. The molecule has 3 aromatic rings. The van der Waals surface area contributed by atoms with Gasteiger partial charge in [-0.25, -0.2) is 0 Å². The summed E-state index contributed by atoms with van der Waals surface area (Å²) in [6.45, 7) is 0. The average Bonchev–Trinajstić information content (AvgIpc) is 2.58. The molecule has 0 spiro atoms. The zero-order valence-electron chi connectivity index (χ0n) is 12.3. The second-order valence-corrected chi connectivity index (χ2v) is 5.76. The standard InChI is InChI=1S/C21H18S/c22-20(16-17-10-4-1-5-11-17)21(18-12-6-2-7-13-18)19-14-8-3-9-15-19/h1-15,22H,16H2. The minimum absolute atomic E-state index is 0.836. The Morgan fingerprint density at radius 3 is 1.45 bits per heavy atom. The monoisotopic (exact) mass is 302 g/mol. The first-order valence-corrected chi connectivity index (χ1v) is 7.86. The van der Waals surface area contributed by atoms with Gasteiger partial charge < -0.3 is 0 Å². The molecule has 0 saturated carbocycles. The molecule has 0 aliphatic carbocycles. The van der Waals surface area contributed by atoms with Crippen molar-refractivity contribution in [1.82, 2.24) is 0 Å². The molecule has 22 heavy (non-hydrogen) atoms. The third-order valence-electron chi connectivity index (χ3n) is 3.63. The van der Waals surface area contributed by atoms with E-state index >= 15 is 0 Å². The highest BCUT2D eigenvalue weighted by Gasteiger charge is 2.09. The number of rotatable bonds is 4. The van der Waals surface area contributed by atoms with Gasteiger partial charge in [-0.1, -0.05) is 91.0 Å². The highest BCUT2D eigenvalue weighted by atomic mass is 32.1. The van der Waals surface area contributed by atoms with E-state index in [1.165, 1.54) is 22.3 Å². The van der Waals surface area contributed by atoms with Crippen LogP contribution in [0.15, 0.2) is 95.9 Å². The molecule has 0 nitrogen and oxygen atoms in total. The van der Waals surface area contributed by atoms with Crippen molar-refractivity contribution in [2.45, 2.75) is 6.42 Å². The Hall–Kier alpha value is -2.25. The van der Waals surface area contributed by atoms with Crippen LogP contribution in [0.25, 0.3) is 5.57 Å². The van der Waals surface area contributed by atoms with Crippen LogP contribution in [0.1, 0.15) is 16.7 Å². The maximum Gasteiger partial charge on any atom is 0.00382 e. The molecule has 0 fully saturated rings. The van der Waals surface area contributed by atoms with Crippen molar-refractivity contribution in [3.05, 3.63) is 113 Å². The maximum absolute atomic E-state index is 4.84. The van der Waals surface area contributed by atoms with E-state index in [1.807, 2.05) is 18.2 Å². The molecule has 0 atom stereocenters. The van der Waals surface area contributed by atoms with Crippen molar-refractivity contribution in [3.63, 3.8) is 0 Å². The summed E-state index contributed by atoms with van der Waals surface area (Å²) in [6, 6.07) is 31.4. The summed E-state index contributed by atoms with van der Waals surface area (Å²) in [5, 5.41) is 0. The van der Waals surface area contributed by atoms with Gasteiger partial charge in [0.05, 0.1) is 0 Å². The smallest absolute Gasteiger partial charge is 0.00382 e. The molecule has 108 valence electrons. The molecule has 3 rings (SSSR count). The summed E-state index contributed by atoms with van der Waals surface area (Å²) >= 11 is 4.84. The fourth-order valence-corrected chi connectivity index (χ4v) is 3.03. The number of hydrogen-bond donors (Lipinski definition) is 1. The molecule has 3 aromatic carbocycles. The highest BCUT2D eigenvalue weighted by molar-refractivity contribution is 7.84. The van der Waals surface area contributed by atoms with Gasteiger partial charge in [-0.05, 0) is 27.2 Å². The number of allylic oxidation sites excluding steroid dienone is 1. The van der Waals surface area contributed by atoms with Crippen LogP contribution >= 0.6 is 12.6 Å². The summed E-state index contributed by atoms with van der Waals surface area (Å²) < 4.78 is 0. The largest absolute Gasteiger partial charge is 0.147 e. The Bertz CT molecular complexity index is 702. The zero-order chi connectivity index (χ0) is 15.2. The zero-order valence-corrected chi connectivity index (χ0v) is 13.2. The second kappa shape index (κ2) is 7.15. The van der Waals surface area contributed by atoms with Crippen LogP contribution in [0.4, 0.5) is 0 Å². The molecule has 0 aliphatic heterocycles. The van der Waals surface area contributed by atoms with Gasteiger partial charge in [0.1, 0.15) is 0 Å². The molecule has 0 saturated heterocycles. The molecule has 0 radical (unpaired) electrons. The van der Waals surface area contributed by atoms with Crippen LogP contribution in [0.2, 0.25) is 0 Å². The van der Waals surface area contributed by atoms with Crippen LogP contribution in [0.3, 0.4) is 0 Å². The Morgan fingerprint density at radius 1 is 0.591 bits per heavy atom. The number of thiol groups is 1. The lowest BCUT2D eigenvalue weighted by molar-refractivity contribution is 1.25.